The van der Waals surface area contributed by atoms with Crippen molar-refractivity contribution < 1.29 is 14.2 Å². The smallest absolute Gasteiger partial charge is 0.127 e. The highest BCUT2D eigenvalue weighted by molar-refractivity contribution is 5.44. The van der Waals surface area contributed by atoms with Gasteiger partial charge < -0.3 is 15.2 Å². The van der Waals surface area contributed by atoms with Crippen molar-refractivity contribution in [2.24, 2.45) is 0 Å². The Balaban J connectivity index is 3.29. The average Bonchev–Trinajstić information content (AvgIpc) is 2.27. The van der Waals surface area contributed by atoms with Crippen LogP contribution in [-0.4, -0.2) is 25.8 Å². The van der Waals surface area contributed by atoms with Gasteiger partial charge in [0.05, 0.1) is 13.2 Å². The summed E-state index contributed by atoms with van der Waals surface area (Å²) in [7, 11) is 3.25. The van der Waals surface area contributed by atoms with Crippen LogP contribution in [0.2, 0.25) is 0 Å². The van der Waals surface area contributed by atoms with Crippen LogP contribution in [0.4, 0.5) is 4.39 Å². The molecule has 1 rings (SSSR count). The van der Waals surface area contributed by atoms with Crippen molar-refractivity contribution in [3.05, 3.63) is 29.1 Å². The van der Waals surface area contributed by atoms with E-state index in [0.29, 0.717) is 17.9 Å². The third-order valence-electron chi connectivity index (χ3n) is 2.69. The maximum absolute atomic E-state index is 13.4. The summed E-state index contributed by atoms with van der Waals surface area (Å²) in [6.45, 7) is 4.36. The van der Waals surface area contributed by atoms with E-state index in [1.54, 1.807) is 7.05 Å². The Morgan fingerprint density at radius 3 is 2.53 bits per heavy atom. The molecule has 96 valence electrons. The minimum atomic E-state index is -0.734. The van der Waals surface area contributed by atoms with E-state index in [1.165, 1.54) is 19.2 Å². The summed E-state index contributed by atoms with van der Waals surface area (Å²) in [6, 6.07) is 2.73. The predicted octanol–water partition coefficient (Wildman–Crippen LogP) is 2.21. The van der Waals surface area contributed by atoms with E-state index in [0.717, 1.165) is 5.56 Å². The molecule has 1 aromatic carbocycles. The largest absolute Gasteiger partial charge is 0.496 e. The number of hydrogen-bond donors (Lipinski definition) is 2. The van der Waals surface area contributed by atoms with Crippen molar-refractivity contribution >= 4 is 0 Å². The number of benzene rings is 1. The summed E-state index contributed by atoms with van der Waals surface area (Å²) < 4.78 is 18.6. The first kappa shape index (κ1) is 13.9. The SMILES string of the molecule is CNCC(O)c1cc(F)cc(OC)c1C(C)C. The highest BCUT2D eigenvalue weighted by Gasteiger charge is 2.19. The Morgan fingerprint density at radius 1 is 1.41 bits per heavy atom. The summed E-state index contributed by atoms with van der Waals surface area (Å²) in [6.07, 6.45) is -0.734. The molecule has 0 aliphatic carbocycles. The summed E-state index contributed by atoms with van der Waals surface area (Å²) in [5.41, 5.74) is 1.45. The molecule has 0 aliphatic rings. The molecular formula is C13H20FNO2. The number of ether oxygens (including phenoxy) is 1. The van der Waals surface area contributed by atoms with Crippen LogP contribution in [0.5, 0.6) is 5.75 Å². The molecule has 0 aliphatic heterocycles. The van der Waals surface area contributed by atoms with Crippen molar-refractivity contribution in [3.63, 3.8) is 0 Å². The van der Waals surface area contributed by atoms with Crippen LogP contribution >= 0.6 is 0 Å². The first-order valence-electron chi connectivity index (χ1n) is 5.71. The molecule has 0 saturated heterocycles. The molecule has 0 spiro atoms. The van der Waals surface area contributed by atoms with Gasteiger partial charge >= 0.3 is 0 Å². The van der Waals surface area contributed by atoms with E-state index in [1.807, 2.05) is 13.8 Å². The molecule has 0 fully saturated rings. The molecule has 0 radical (unpaired) electrons. The molecule has 3 nitrogen and oxygen atoms in total. The maximum Gasteiger partial charge on any atom is 0.127 e. The second kappa shape index (κ2) is 5.98. The summed E-state index contributed by atoms with van der Waals surface area (Å²) >= 11 is 0. The standard InChI is InChI=1S/C13H20FNO2/c1-8(2)13-10(11(16)7-15-3)5-9(14)6-12(13)17-4/h5-6,8,11,15-16H,7H2,1-4H3. The van der Waals surface area contributed by atoms with Crippen LogP contribution in [0.3, 0.4) is 0 Å². The van der Waals surface area contributed by atoms with Gasteiger partial charge in [-0.15, -0.1) is 0 Å². The summed E-state index contributed by atoms with van der Waals surface area (Å²) in [5.74, 6) is 0.258. The minimum absolute atomic E-state index is 0.159. The third kappa shape index (κ3) is 3.17. The molecule has 0 bridgehead atoms. The fourth-order valence-corrected chi connectivity index (χ4v) is 1.98. The van der Waals surface area contributed by atoms with Crippen LogP contribution in [0.25, 0.3) is 0 Å². The Hall–Kier alpha value is -1.13. The number of aliphatic hydroxyl groups excluding tert-OH is 1. The fourth-order valence-electron chi connectivity index (χ4n) is 1.98. The lowest BCUT2D eigenvalue weighted by Crippen LogP contribution is -2.18. The quantitative estimate of drug-likeness (QED) is 0.830. The van der Waals surface area contributed by atoms with Crippen LogP contribution in [-0.2, 0) is 0 Å². The summed E-state index contributed by atoms with van der Waals surface area (Å²) in [5, 5.41) is 12.9. The van der Waals surface area contributed by atoms with E-state index in [9.17, 15) is 9.50 Å². The zero-order chi connectivity index (χ0) is 13.0. The number of methoxy groups -OCH3 is 1. The van der Waals surface area contributed by atoms with Gasteiger partial charge in [0.1, 0.15) is 11.6 Å². The number of halogens is 1. The average molecular weight is 241 g/mol. The zero-order valence-corrected chi connectivity index (χ0v) is 10.7. The van der Waals surface area contributed by atoms with Gasteiger partial charge in [-0.05, 0) is 24.6 Å². The van der Waals surface area contributed by atoms with Gasteiger partial charge in [-0.25, -0.2) is 4.39 Å². The van der Waals surface area contributed by atoms with Crippen molar-refractivity contribution in [2.75, 3.05) is 20.7 Å². The fraction of sp³-hybridized carbons (Fsp3) is 0.538. The molecule has 0 saturated carbocycles. The van der Waals surface area contributed by atoms with Crippen LogP contribution in [0.15, 0.2) is 12.1 Å². The van der Waals surface area contributed by atoms with Gasteiger partial charge in [0.25, 0.3) is 0 Å². The van der Waals surface area contributed by atoms with E-state index < -0.39 is 11.9 Å². The van der Waals surface area contributed by atoms with E-state index in [2.05, 4.69) is 5.32 Å². The molecule has 1 aromatic rings. The lowest BCUT2D eigenvalue weighted by Gasteiger charge is -2.20. The number of aliphatic hydroxyl groups is 1. The van der Waals surface area contributed by atoms with Crippen molar-refractivity contribution in [1.29, 1.82) is 0 Å². The van der Waals surface area contributed by atoms with Gasteiger partial charge in [-0.2, -0.15) is 0 Å². The molecule has 0 heterocycles. The number of likely N-dealkylation sites (N-methyl/N-ethyl adjacent to an activating group) is 1. The molecule has 2 N–H and O–H groups in total. The Bertz CT molecular complexity index is 380. The van der Waals surface area contributed by atoms with E-state index >= 15 is 0 Å². The van der Waals surface area contributed by atoms with E-state index in [4.69, 9.17) is 4.74 Å². The Labute approximate surface area is 102 Å². The van der Waals surface area contributed by atoms with Gasteiger partial charge in [0, 0.05) is 18.2 Å². The molecule has 17 heavy (non-hydrogen) atoms. The second-order valence-corrected chi connectivity index (χ2v) is 4.34. The number of nitrogens with one attached hydrogen (secondary N) is 1. The zero-order valence-electron chi connectivity index (χ0n) is 10.7. The third-order valence-corrected chi connectivity index (χ3v) is 2.69. The minimum Gasteiger partial charge on any atom is -0.496 e. The Morgan fingerprint density at radius 2 is 2.06 bits per heavy atom. The molecule has 4 heteroatoms. The molecule has 1 unspecified atom stereocenters. The van der Waals surface area contributed by atoms with Gasteiger partial charge in [-0.3, -0.25) is 0 Å². The molecule has 1 atom stereocenters. The molecule has 0 amide bonds. The molecule has 0 aromatic heterocycles. The van der Waals surface area contributed by atoms with E-state index in [-0.39, 0.29) is 5.92 Å². The monoisotopic (exact) mass is 241 g/mol. The number of rotatable bonds is 5. The highest BCUT2D eigenvalue weighted by Crippen LogP contribution is 2.34. The number of hydrogen-bond acceptors (Lipinski definition) is 3. The second-order valence-electron chi connectivity index (χ2n) is 4.34. The van der Waals surface area contributed by atoms with Crippen molar-refractivity contribution in [3.8, 4) is 5.75 Å². The molecular weight excluding hydrogens is 221 g/mol. The van der Waals surface area contributed by atoms with Crippen LogP contribution < -0.4 is 10.1 Å². The maximum atomic E-state index is 13.4. The summed E-state index contributed by atoms with van der Waals surface area (Å²) in [4.78, 5) is 0. The van der Waals surface area contributed by atoms with Gasteiger partial charge in [0.2, 0.25) is 0 Å². The van der Waals surface area contributed by atoms with Crippen molar-refractivity contribution in [2.45, 2.75) is 25.9 Å². The highest BCUT2D eigenvalue weighted by atomic mass is 19.1. The first-order chi connectivity index (χ1) is 8.01. The van der Waals surface area contributed by atoms with Gasteiger partial charge in [0.15, 0.2) is 0 Å². The van der Waals surface area contributed by atoms with Crippen LogP contribution in [0.1, 0.15) is 37.0 Å². The van der Waals surface area contributed by atoms with Gasteiger partial charge in [-0.1, -0.05) is 13.8 Å². The topological polar surface area (TPSA) is 41.5 Å². The lowest BCUT2D eigenvalue weighted by molar-refractivity contribution is 0.175. The van der Waals surface area contributed by atoms with Crippen LogP contribution in [0, 0.1) is 5.82 Å². The predicted molar refractivity (Wildman–Crippen MR) is 65.9 cm³/mol. The first-order valence-corrected chi connectivity index (χ1v) is 5.71. The normalized spacial score (nSPS) is 12.9. The lowest BCUT2D eigenvalue weighted by atomic mass is 9.92. The Kier molecular flexibility index (Phi) is 4.90. The van der Waals surface area contributed by atoms with Crippen molar-refractivity contribution in [1.82, 2.24) is 5.32 Å².